The van der Waals surface area contributed by atoms with Crippen LogP contribution in [-0.2, 0) is 9.59 Å². The van der Waals surface area contributed by atoms with Crippen LogP contribution in [0.4, 0.5) is 14.9 Å². The third-order valence-electron chi connectivity index (χ3n) is 2.93. The Morgan fingerprint density at radius 1 is 1.43 bits per heavy atom. The normalized spacial score (nSPS) is 14.3. The van der Waals surface area contributed by atoms with Crippen molar-refractivity contribution in [2.24, 2.45) is 0 Å². The molecule has 0 radical (unpaired) electrons. The van der Waals surface area contributed by atoms with E-state index in [4.69, 9.17) is 11.6 Å². The van der Waals surface area contributed by atoms with E-state index in [2.05, 4.69) is 10.6 Å². The van der Waals surface area contributed by atoms with Gasteiger partial charge in [-0.2, -0.15) is 0 Å². The van der Waals surface area contributed by atoms with Crippen molar-refractivity contribution in [3.05, 3.63) is 29.0 Å². The molecule has 1 aliphatic rings. The Balaban J connectivity index is 1.80. The summed E-state index contributed by atoms with van der Waals surface area (Å²) in [7, 11) is 0. The number of nitrogens with zero attached hydrogens (tertiary/aromatic N) is 1. The summed E-state index contributed by atoms with van der Waals surface area (Å²) in [6.07, 6.45) is 0.374. The zero-order valence-electron chi connectivity index (χ0n) is 11.0. The summed E-state index contributed by atoms with van der Waals surface area (Å²) >= 11 is 5.61. The molecule has 1 aromatic rings. The van der Waals surface area contributed by atoms with Crippen molar-refractivity contribution in [2.45, 2.75) is 12.8 Å². The highest BCUT2D eigenvalue weighted by Gasteiger charge is 2.27. The number of carbonyl (C=O) groups is 3. The fourth-order valence-electron chi connectivity index (χ4n) is 1.88. The molecule has 112 valence electrons. The van der Waals surface area contributed by atoms with Gasteiger partial charge in [0.2, 0.25) is 11.8 Å². The SMILES string of the molecule is O=C(CCCN1C(=O)CNC1=O)Nc1ccc(Cl)cc1F. The molecule has 0 bridgehead atoms. The second-order valence-corrected chi connectivity index (χ2v) is 4.92. The highest BCUT2D eigenvalue weighted by atomic mass is 35.5. The van der Waals surface area contributed by atoms with Crippen molar-refractivity contribution in [2.75, 3.05) is 18.4 Å². The Hall–Kier alpha value is -2.15. The molecule has 0 saturated carbocycles. The Bertz CT molecular complexity index is 578. The summed E-state index contributed by atoms with van der Waals surface area (Å²) in [4.78, 5) is 35.3. The topological polar surface area (TPSA) is 78.5 Å². The van der Waals surface area contributed by atoms with Crippen molar-refractivity contribution in [3.63, 3.8) is 0 Å². The smallest absolute Gasteiger partial charge is 0.324 e. The lowest BCUT2D eigenvalue weighted by atomic mass is 10.2. The number of amides is 4. The zero-order valence-corrected chi connectivity index (χ0v) is 11.7. The average molecular weight is 314 g/mol. The van der Waals surface area contributed by atoms with Crippen molar-refractivity contribution in [1.82, 2.24) is 10.2 Å². The molecule has 8 heteroatoms. The van der Waals surface area contributed by atoms with Gasteiger partial charge < -0.3 is 10.6 Å². The molecule has 6 nitrogen and oxygen atoms in total. The maximum atomic E-state index is 13.5. The molecule has 2 N–H and O–H groups in total. The lowest BCUT2D eigenvalue weighted by Crippen LogP contribution is -2.32. The monoisotopic (exact) mass is 313 g/mol. The molecule has 0 unspecified atom stereocenters. The van der Waals surface area contributed by atoms with Crippen LogP contribution in [0.5, 0.6) is 0 Å². The van der Waals surface area contributed by atoms with Crippen LogP contribution >= 0.6 is 11.6 Å². The summed E-state index contributed by atoms with van der Waals surface area (Å²) in [6.45, 7) is 0.141. The number of halogens is 2. The Labute approximate surface area is 125 Å². The van der Waals surface area contributed by atoms with Gasteiger partial charge in [0, 0.05) is 18.0 Å². The molecule has 21 heavy (non-hydrogen) atoms. The third kappa shape index (κ3) is 3.91. The van der Waals surface area contributed by atoms with E-state index < -0.39 is 17.8 Å². The molecule has 1 heterocycles. The first kappa shape index (κ1) is 15.2. The molecule has 4 amide bonds. The van der Waals surface area contributed by atoms with Crippen LogP contribution in [0.1, 0.15) is 12.8 Å². The van der Waals surface area contributed by atoms with Crippen LogP contribution in [0.25, 0.3) is 0 Å². The van der Waals surface area contributed by atoms with E-state index in [1.165, 1.54) is 12.1 Å². The quantitative estimate of drug-likeness (QED) is 0.813. The fourth-order valence-corrected chi connectivity index (χ4v) is 2.04. The first-order chi connectivity index (χ1) is 9.97. The number of hydrogen-bond acceptors (Lipinski definition) is 3. The molecule has 2 rings (SSSR count). The molecule has 0 spiro atoms. The van der Waals surface area contributed by atoms with E-state index in [1.54, 1.807) is 0 Å². The minimum Gasteiger partial charge on any atom is -0.329 e. The molecule has 1 aliphatic heterocycles. The highest BCUT2D eigenvalue weighted by Crippen LogP contribution is 2.19. The van der Waals surface area contributed by atoms with E-state index in [0.29, 0.717) is 6.42 Å². The van der Waals surface area contributed by atoms with Gasteiger partial charge in [-0.15, -0.1) is 0 Å². The van der Waals surface area contributed by atoms with E-state index in [9.17, 15) is 18.8 Å². The van der Waals surface area contributed by atoms with Crippen molar-refractivity contribution in [1.29, 1.82) is 0 Å². The summed E-state index contributed by atoms with van der Waals surface area (Å²) in [5.41, 5.74) is 0.0411. The summed E-state index contributed by atoms with van der Waals surface area (Å²) in [5.74, 6) is -1.34. The van der Waals surface area contributed by atoms with Gasteiger partial charge in [0.15, 0.2) is 0 Å². The lowest BCUT2D eigenvalue weighted by molar-refractivity contribution is -0.125. The number of carbonyl (C=O) groups excluding carboxylic acids is 3. The van der Waals surface area contributed by atoms with Crippen LogP contribution in [0.15, 0.2) is 18.2 Å². The van der Waals surface area contributed by atoms with E-state index in [-0.39, 0.29) is 36.1 Å². The van der Waals surface area contributed by atoms with E-state index >= 15 is 0 Å². The van der Waals surface area contributed by atoms with E-state index in [1.807, 2.05) is 0 Å². The molecule has 0 atom stereocenters. The standard InChI is InChI=1S/C13H13ClFN3O3/c14-8-3-4-10(9(15)6-8)17-11(19)2-1-5-18-12(20)7-16-13(18)21/h3-4,6H,1-2,5,7H2,(H,16,21)(H,17,19). The molecule has 0 aromatic heterocycles. The fraction of sp³-hybridized carbons (Fsp3) is 0.308. The second kappa shape index (κ2) is 6.53. The Morgan fingerprint density at radius 2 is 2.19 bits per heavy atom. The first-order valence-corrected chi connectivity index (χ1v) is 6.68. The summed E-state index contributed by atoms with van der Waals surface area (Å²) < 4.78 is 13.5. The van der Waals surface area contributed by atoms with Crippen LogP contribution in [0, 0.1) is 5.82 Å². The van der Waals surface area contributed by atoms with Gasteiger partial charge in [-0.25, -0.2) is 9.18 Å². The van der Waals surface area contributed by atoms with Crippen LogP contribution < -0.4 is 10.6 Å². The largest absolute Gasteiger partial charge is 0.329 e. The Morgan fingerprint density at radius 3 is 2.81 bits per heavy atom. The van der Waals surface area contributed by atoms with Gasteiger partial charge in [0.25, 0.3) is 0 Å². The van der Waals surface area contributed by atoms with Gasteiger partial charge in [-0.3, -0.25) is 14.5 Å². The Kier molecular flexibility index (Phi) is 4.74. The molecule has 1 saturated heterocycles. The predicted octanol–water partition coefficient (Wildman–Crippen LogP) is 1.75. The third-order valence-corrected chi connectivity index (χ3v) is 3.16. The minimum absolute atomic E-state index is 0.0129. The van der Waals surface area contributed by atoms with E-state index in [0.717, 1.165) is 11.0 Å². The predicted molar refractivity (Wildman–Crippen MR) is 74.4 cm³/mol. The average Bonchev–Trinajstić information content (AvgIpc) is 2.74. The van der Waals surface area contributed by atoms with Gasteiger partial charge in [-0.05, 0) is 24.6 Å². The van der Waals surface area contributed by atoms with Crippen molar-refractivity contribution in [3.8, 4) is 0 Å². The molecule has 1 aromatic carbocycles. The van der Waals surface area contributed by atoms with Crippen LogP contribution in [-0.4, -0.2) is 35.8 Å². The number of hydrogen-bond donors (Lipinski definition) is 2. The second-order valence-electron chi connectivity index (χ2n) is 4.48. The highest BCUT2D eigenvalue weighted by molar-refractivity contribution is 6.30. The number of urea groups is 1. The molecule has 0 aliphatic carbocycles. The number of nitrogens with one attached hydrogen (secondary N) is 2. The van der Waals surface area contributed by atoms with Gasteiger partial charge in [0.05, 0.1) is 12.2 Å². The van der Waals surface area contributed by atoms with Gasteiger partial charge in [-0.1, -0.05) is 11.6 Å². The molecular formula is C13H13ClFN3O3. The lowest BCUT2D eigenvalue weighted by Gasteiger charge is -2.12. The van der Waals surface area contributed by atoms with Crippen LogP contribution in [0.2, 0.25) is 5.02 Å². The van der Waals surface area contributed by atoms with Crippen LogP contribution in [0.3, 0.4) is 0 Å². The van der Waals surface area contributed by atoms with Crippen molar-refractivity contribution >= 4 is 35.1 Å². The zero-order chi connectivity index (χ0) is 15.4. The number of benzene rings is 1. The van der Waals surface area contributed by atoms with Crippen molar-refractivity contribution < 1.29 is 18.8 Å². The van der Waals surface area contributed by atoms with Gasteiger partial charge in [0.1, 0.15) is 5.82 Å². The number of imide groups is 1. The maximum Gasteiger partial charge on any atom is 0.324 e. The minimum atomic E-state index is -0.620. The first-order valence-electron chi connectivity index (χ1n) is 6.30. The molecular weight excluding hydrogens is 301 g/mol. The number of anilines is 1. The van der Waals surface area contributed by atoms with Gasteiger partial charge >= 0.3 is 6.03 Å². The summed E-state index contributed by atoms with van der Waals surface area (Å²) in [6, 6.07) is 3.48. The molecule has 1 fully saturated rings. The summed E-state index contributed by atoms with van der Waals surface area (Å²) in [5, 5.41) is 5.03. The maximum absolute atomic E-state index is 13.5. The number of rotatable bonds is 5.